The number of thioether (sulfide) groups is 1. The molecule has 0 rings (SSSR count). The molecule has 4 heteroatoms. The summed E-state index contributed by atoms with van der Waals surface area (Å²) in [6.07, 6.45) is 1.03. The van der Waals surface area contributed by atoms with Crippen LogP contribution >= 0.6 is 11.8 Å². The molecule has 0 aliphatic heterocycles. The van der Waals surface area contributed by atoms with Gasteiger partial charge in [0.1, 0.15) is 0 Å². The molecule has 0 radical (unpaired) electrons. The standard InChI is InChI=1S/C7H14O3S/c1-10-4-6-11-5-2-3-7(8)9/h2-6H2,1H3,(H,8,9). The number of aliphatic carboxylic acids is 1. The van der Waals surface area contributed by atoms with Crippen molar-refractivity contribution in [3.63, 3.8) is 0 Å². The van der Waals surface area contributed by atoms with E-state index >= 15 is 0 Å². The number of hydrogen-bond acceptors (Lipinski definition) is 3. The molecule has 0 spiro atoms. The van der Waals surface area contributed by atoms with E-state index < -0.39 is 5.97 Å². The summed E-state index contributed by atoms with van der Waals surface area (Å²) in [5.41, 5.74) is 0. The fraction of sp³-hybridized carbons (Fsp3) is 0.857. The molecule has 0 aromatic carbocycles. The summed E-state index contributed by atoms with van der Waals surface area (Å²) in [5.74, 6) is 1.16. The second kappa shape index (κ2) is 7.88. The number of carboxylic acid groups (broad SMARTS) is 1. The van der Waals surface area contributed by atoms with Crippen LogP contribution in [0.4, 0.5) is 0 Å². The highest BCUT2D eigenvalue weighted by atomic mass is 32.2. The number of rotatable bonds is 7. The van der Waals surface area contributed by atoms with Gasteiger partial charge in [-0.25, -0.2) is 0 Å². The molecular weight excluding hydrogens is 164 g/mol. The van der Waals surface area contributed by atoms with Gasteiger partial charge in [0.25, 0.3) is 0 Å². The molecule has 0 fully saturated rings. The van der Waals surface area contributed by atoms with Gasteiger partial charge in [-0.1, -0.05) is 0 Å². The van der Waals surface area contributed by atoms with Gasteiger partial charge in [-0.2, -0.15) is 11.8 Å². The summed E-state index contributed by atoms with van der Waals surface area (Å²) in [5, 5.41) is 8.28. The molecule has 3 nitrogen and oxygen atoms in total. The first-order chi connectivity index (χ1) is 5.27. The molecule has 0 atom stereocenters. The molecule has 0 aromatic heterocycles. The Morgan fingerprint density at radius 2 is 2.27 bits per heavy atom. The van der Waals surface area contributed by atoms with Crippen molar-refractivity contribution >= 4 is 17.7 Å². The van der Waals surface area contributed by atoms with Crippen molar-refractivity contribution in [2.75, 3.05) is 25.2 Å². The van der Waals surface area contributed by atoms with Crippen LogP contribution in [-0.4, -0.2) is 36.3 Å². The van der Waals surface area contributed by atoms with Gasteiger partial charge in [0.2, 0.25) is 0 Å². The highest BCUT2D eigenvalue weighted by Crippen LogP contribution is 2.03. The first kappa shape index (κ1) is 10.8. The van der Waals surface area contributed by atoms with Crippen LogP contribution in [-0.2, 0) is 9.53 Å². The molecular formula is C7H14O3S. The Hall–Kier alpha value is -0.220. The number of carboxylic acids is 1. The summed E-state index contributed by atoms with van der Waals surface area (Å²) in [7, 11) is 1.66. The summed E-state index contributed by atoms with van der Waals surface area (Å²) in [6, 6.07) is 0. The molecule has 0 heterocycles. The van der Waals surface area contributed by atoms with E-state index in [2.05, 4.69) is 0 Å². The van der Waals surface area contributed by atoms with Crippen LogP contribution in [0.1, 0.15) is 12.8 Å². The van der Waals surface area contributed by atoms with E-state index in [1.165, 1.54) is 0 Å². The minimum atomic E-state index is -0.711. The number of carbonyl (C=O) groups is 1. The van der Waals surface area contributed by atoms with Crippen LogP contribution in [0.25, 0.3) is 0 Å². The van der Waals surface area contributed by atoms with Crippen molar-refractivity contribution in [1.29, 1.82) is 0 Å². The Morgan fingerprint density at radius 3 is 2.82 bits per heavy atom. The zero-order chi connectivity index (χ0) is 8.53. The summed E-state index contributed by atoms with van der Waals surface area (Å²) < 4.78 is 4.83. The fourth-order valence-corrected chi connectivity index (χ4v) is 1.41. The minimum absolute atomic E-state index is 0.278. The van der Waals surface area contributed by atoms with E-state index in [9.17, 15) is 4.79 Å². The van der Waals surface area contributed by atoms with Gasteiger partial charge in [-0.3, -0.25) is 4.79 Å². The third kappa shape index (κ3) is 9.78. The first-order valence-electron chi connectivity index (χ1n) is 3.56. The lowest BCUT2D eigenvalue weighted by Crippen LogP contribution is -1.97. The molecule has 0 unspecified atom stereocenters. The lowest BCUT2D eigenvalue weighted by molar-refractivity contribution is -0.137. The lowest BCUT2D eigenvalue weighted by atomic mass is 10.3. The quantitative estimate of drug-likeness (QED) is 0.596. The van der Waals surface area contributed by atoms with E-state index in [1.807, 2.05) is 0 Å². The Bertz CT molecular complexity index is 106. The highest BCUT2D eigenvalue weighted by Gasteiger charge is 1.95. The Balaban J connectivity index is 2.85. The predicted octanol–water partition coefficient (Wildman–Crippen LogP) is 1.23. The maximum atomic E-state index is 10.1. The van der Waals surface area contributed by atoms with Crippen LogP contribution in [0.2, 0.25) is 0 Å². The monoisotopic (exact) mass is 178 g/mol. The van der Waals surface area contributed by atoms with E-state index in [0.29, 0.717) is 0 Å². The van der Waals surface area contributed by atoms with E-state index in [-0.39, 0.29) is 6.42 Å². The van der Waals surface area contributed by atoms with Gasteiger partial charge in [-0.05, 0) is 12.2 Å². The largest absolute Gasteiger partial charge is 0.481 e. The van der Waals surface area contributed by atoms with Crippen LogP contribution in [0.5, 0.6) is 0 Å². The van der Waals surface area contributed by atoms with Crippen LogP contribution in [0.15, 0.2) is 0 Å². The lowest BCUT2D eigenvalue weighted by Gasteiger charge is -1.98. The van der Waals surface area contributed by atoms with E-state index in [1.54, 1.807) is 18.9 Å². The third-order valence-electron chi connectivity index (χ3n) is 1.11. The Kier molecular flexibility index (Phi) is 7.72. The molecule has 0 saturated carbocycles. The van der Waals surface area contributed by atoms with Gasteiger partial charge in [0.15, 0.2) is 0 Å². The van der Waals surface area contributed by atoms with Crippen molar-refractivity contribution in [1.82, 2.24) is 0 Å². The summed E-state index contributed by atoms with van der Waals surface area (Å²) >= 11 is 1.73. The van der Waals surface area contributed by atoms with Crippen LogP contribution in [0, 0.1) is 0 Å². The normalized spacial score (nSPS) is 9.91. The average molecular weight is 178 g/mol. The molecule has 1 N–H and O–H groups in total. The van der Waals surface area contributed by atoms with Gasteiger partial charge < -0.3 is 9.84 Å². The number of ether oxygens (including phenoxy) is 1. The summed E-state index contributed by atoms with van der Waals surface area (Å²) in [4.78, 5) is 10.1. The topological polar surface area (TPSA) is 46.5 Å². The fourth-order valence-electron chi connectivity index (χ4n) is 0.570. The molecule has 0 aliphatic rings. The second-order valence-corrected chi connectivity index (χ2v) is 3.33. The van der Waals surface area contributed by atoms with Crippen LogP contribution < -0.4 is 0 Å². The van der Waals surface area contributed by atoms with Gasteiger partial charge in [0.05, 0.1) is 6.61 Å². The highest BCUT2D eigenvalue weighted by molar-refractivity contribution is 7.99. The molecule has 0 amide bonds. The number of methoxy groups -OCH3 is 1. The maximum absolute atomic E-state index is 10.1. The van der Waals surface area contributed by atoms with Crippen molar-refractivity contribution in [2.24, 2.45) is 0 Å². The molecule has 0 bridgehead atoms. The van der Waals surface area contributed by atoms with Crippen molar-refractivity contribution in [3.8, 4) is 0 Å². The van der Waals surface area contributed by atoms with Crippen molar-refractivity contribution in [2.45, 2.75) is 12.8 Å². The zero-order valence-corrected chi connectivity index (χ0v) is 7.52. The summed E-state index contributed by atoms with van der Waals surface area (Å²) in [6.45, 7) is 0.748. The predicted molar refractivity (Wildman–Crippen MR) is 46.1 cm³/mol. The molecule has 0 aliphatic carbocycles. The molecule has 0 aromatic rings. The Labute approximate surface area is 71.1 Å². The minimum Gasteiger partial charge on any atom is -0.481 e. The first-order valence-corrected chi connectivity index (χ1v) is 4.71. The van der Waals surface area contributed by atoms with Gasteiger partial charge >= 0.3 is 5.97 Å². The zero-order valence-electron chi connectivity index (χ0n) is 6.71. The van der Waals surface area contributed by atoms with Crippen molar-refractivity contribution in [3.05, 3.63) is 0 Å². The molecule has 11 heavy (non-hydrogen) atoms. The van der Waals surface area contributed by atoms with Crippen LogP contribution in [0.3, 0.4) is 0 Å². The average Bonchev–Trinajstić information content (AvgIpc) is 1.96. The maximum Gasteiger partial charge on any atom is 0.303 e. The van der Waals surface area contributed by atoms with Gasteiger partial charge in [-0.15, -0.1) is 0 Å². The SMILES string of the molecule is COCCSCCCC(=O)O. The van der Waals surface area contributed by atoms with E-state index in [4.69, 9.17) is 9.84 Å². The third-order valence-corrected chi connectivity index (χ3v) is 2.14. The van der Waals surface area contributed by atoms with Gasteiger partial charge in [0, 0.05) is 19.3 Å². The van der Waals surface area contributed by atoms with Crippen molar-refractivity contribution < 1.29 is 14.6 Å². The second-order valence-electron chi connectivity index (χ2n) is 2.10. The number of hydrogen-bond donors (Lipinski definition) is 1. The molecule has 0 saturated heterocycles. The smallest absolute Gasteiger partial charge is 0.303 e. The van der Waals surface area contributed by atoms with E-state index in [0.717, 1.165) is 24.5 Å². The molecule has 66 valence electrons. The Morgan fingerprint density at radius 1 is 1.55 bits per heavy atom.